The second-order valence-corrected chi connectivity index (χ2v) is 3.62. The number of hydrogen-bond acceptors (Lipinski definition) is 4. The van der Waals surface area contributed by atoms with Crippen molar-refractivity contribution in [2.75, 3.05) is 0 Å². The minimum absolute atomic E-state index is 0.0203. The van der Waals surface area contributed by atoms with Crippen LogP contribution in [0.4, 0.5) is 0 Å². The van der Waals surface area contributed by atoms with E-state index in [1.54, 1.807) is 31.2 Å². The first kappa shape index (κ1) is 11.3. The van der Waals surface area contributed by atoms with E-state index in [0.717, 1.165) is 0 Å². The van der Waals surface area contributed by atoms with Gasteiger partial charge in [-0.05, 0) is 0 Å². The van der Waals surface area contributed by atoms with Gasteiger partial charge in [0.15, 0.2) is 11.5 Å². The summed E-state index contributed by atoms with van der Waals surface area (Å²) < 4.78 is 4.93. The van der Waals surface area contributed by atoms with Crippen molar-refractivity contribution in [2.24, 2.45) is 0 Å². The van der Waals surface area contributed by atoms with Crippen molar-refractivity contribution in [3.05, 3.63) is 30.3 Å². The number of phenolic OH excluding ortho intramolecular Hbond substituents is 2. The quantitative estimate of drug-likeness (QED) is 0.474. The molecule has 0 atom stereocenters. The monoisotopic (exact) mass is 232 g/mol. The van der Waals surface area contributed by atoms with Gasteiger partial charge in [-0.3, -0.25) is 4.79 Å². The SMILES string of the molecule is CCC(=O)Oc1cc(O)c2ccccc2c1O. The summed E-state index contributed by atoms with van der Waals surface area (Å²) in [6.07, 6.45) is 0.201. The zero-order valence-electron chi connectivity index (χ0n) is 9.30. The highest BCUT2D eigenvalue weighted by molar-refractivity contribution is 5.95. The fourth-order valence-corrected chi connectivity index (χ4v) is 1.59. The Balaban J connectivity index is 2.58. The van der Waals surface area contributed by atoms with Gasteiger partial charge in [-0.2, -0.15) is 0 Å². The Morgan fingerprint density at radius 3 is 2.53 bits per heavy atom. The Labute approximate surface area is 98.1 Å². The molecule has 0 aliphatic rings. The molecule has 0 saturated heterocycles. The van der Waals surface area contributed by atoms with E-state index < -0.39 is 5.97 Å². The summed E-state index contributed by atoms with van der Waals surface area (Å²) in [7, 11) is 0. The molecule has 0 radical (unpaired) electrons. The molecule has 0 amide bonds. The maximum absolute atomic E-state index is 11.2. The van der Waals surface area contributed by atoms with E-state index in [1.165, 1.54) is 6.07 Å². The second kappa shape index (κ2) is 4.33. The van der Waals surface area contributed by atoms with Gasteiger partial charge < -0.3 is 14.9 Å². The van der Waals surface area contributed by atoms with E-state index in [4.69, 9.17) is 4.74 Å². The molecule has 88 valence electrons. The molecular weight excluding hydrogens is 220 g/mol. The van der Waals surface area contributed by atoms with E-state index in [2.05, 4.69) is 0 Å². The lowest BCUT2D eigenvalue weighted by Gasteiger charge is -2.09. The molecule has 17 heavy (non-hydrogen) atoms. The van der Waals surface area contributed by atoms with Crippen molar-refractivity contribution in [3.63, 3.8) is 0 Å². The van der Waals surface area contributed by atoms with Crippen molar-refractivity contribution < 1.29 is 19.7 Å². The van der Waals surface area contributed by atoms with Gasteiger partial charge in [0.05, 0.1) is 0 Å². The lowest BCUT2D eigenvalue weighted by atomic mass is 10.1. The Morgan fingerprint density at radius 2 is 1.88 bits per heavy atom. The number of hydrogen-bond donors (Lipinski definition) is 2. The zero-order valence-corrected chi connectivity index (χ0v) is 9.30. The number of phenols is 2. The standard InChI is InChI=1S/C13H12O4/c1-2-12(15)17-11-7-10(14)8-5-3-4-6-9(8)13(11)16/h3-7,14,16H,2H2,1H3. The molecule has 0 bridgehead atoms. The Hall–Kier alpha value is -2.23. The highest BCUT2D eigenvalue weighted by atomic mass is 16.5. The first-order chi connectivity index (χ1) is 8.13. The van der Waals surface area contributed by atoms with Gasteiger partial charge in [0, 0.05) is 23.3 Å². The topological polar surface area (TPSA) is 66.8 Å². The normalized spacial score (nSPS) is 10.4. The lowest BCUT2D eigenvalue weighted by molar-refractivity contribution is -0.134. The first-order valence-electron chi connectivity index (χ1n) is 5.27. The molecule has 4 nitrogen and oxygen atoms in total. The number of carbonyl (C=O) groups excluding carboxylic acids is 1. The number of carbonyl (C=O) groups is 1. The highest BCUT2D eigenvalue weighted by Gasteiger charge is 2.13. The third-order valence-corrected chi connectivity index (χ3v) is 2.47. The summed E-state index contributed by atoms with van der Waals surface area (Å²) in [5.41, 5.74) is 0. The van der Waals surface area contributed by atoms with Crippen LogP contribution in [-0.4, -0.2) is 16.2 Å². The largest absolute Gasteiger partial charge is 0.507 e. The predicted molar refractivity (Wildman–Crippen MR) is 63.2 cm³/mol. The van der Waals surface area contributed by atoms with Crippen LogP contribution < -0.4 is 4.74 Å². The van der Waals surface area contributed by atoms with Gasteiger partial charge in [0.25, 0.3) is 0 Å². The van der Waals surface area contributed by atoms with Crippen molar-refractivity contribution in [3.8, 4) is 17.2 Å². The molecule has 0 aromatic heterocycles. The molecule has 4 heteroatoms. The molecule has 2 aromatic carbocycles. The van der Waals surface area contributed by atoms with E-state index in [1.807, 2.05) is 0 Å². The van der Waals surface area contributed by atoms with E-state index >= 15 is 0 Å². The highest BCUT2D eigenvalue weighted by Crippen LogP contribution is 2.40. The predicted octanol–water partition coefficient (Wildman–Crippen LogP) is 2.57. The van der Waals surface area contributed by atoms with Crippen molar-refractivity contribution in [1.82, 2.24) is 0 Å². The molecule has 2 N–H and O–H groups in total. The summed E-state index contributed by atoms with van der Waals surface area (Å²) in [5, 5.41) is 20.7. The van der Waals surface area contributed by atoms with Gasteiger partial charge >= 0.3 is 5.97 Å². The minimum atomic E-state index is -0.463. The van der Waals surface area contributed by atoms with Crippen LogP contribution in [-0.2, 0) is 4.79 Å². The smallest absolute Gasteiger partial charge is 0.311 e. The summed E-state index contributed by atoms with van der Waals surface area (Å²) >= 11 is 0. The summed E-state index contributed by atoms with van der Waals surface area (Å²) in [6, 6.07) is 8.04. The average Bonchev–Trinajstić information content (AvgIpc) is 2.35. The number of esters is 1. The fourth-order valence-electron chi connectivity index (χ4n) is 1.59. The molecule has 0 spiro atoms. The minimum Gasteiger partial charge on any atom is -0.507 e. The van der Waals surface area contributed by atoms with Gasteiger partial charge in [-0.1, -0.05) is 31.2 Å². The van der Waals surface area contributed by atoms with Crippen molar-refractivity contribution in [1.29, 1.82) is 0 Å². The van der Waals surface area contributed by atoms with Crippen LogP contribution in [0.15, 0.2) is 30.3 Å². The average molecular weight is 232 g/mol. The first-order valence-corrected chi connectivity index (χ1v) is 5.27. The molecule has 2 rings (SSSR count). The molecule has 0 aliphatic heterocycles. The number of benzene rings is 2. The number of fused-ring (bicyclic) bond motifs is 1. The Morgan fingerprint density at radius 1 is 1.24 bits per heavy atom. The molecule has 0 fully saturated rings. The molecule has 0 aliphatic carbocycles. The number of ether oxygens (including phenoxy) is 1. The van der Waals surface area contributed by atoms with Crippen LogP contribution in [0.2, 0.25) is 0 Å². The maximum Gasteiger partial charge on any atom is 0.311 e. The third-order valence-electron chi connectivity index (χ3n) is 2.47. The van der Waals surface area contributed by atoms with Crippen molar-refractivity contribution in [2.45, 2.75) is 13.3 Å². The molecule has 0 saturated carbocycles. The Bertz CT molecular complexity index is 575. The van der Waals surface area contributed by atoms with Gasteiger partial charge in [0.2, 0.25) is 0 Å². The van der Waals surface area contributed by atoms with E-state index in [0.29, 0.717) is 10.8 Å². The van der Waals surface area contributed by atoms with Crippen LogP contribution in [0.25, 0.3) is 10.8 Å². The van der Waals surface area contributed by atoms with Crippen LogP contribution in [0, 0.1) is 0 Å². The lowest BCUT2D eigenvalue weighted by Crippen LogP contribution is -2.05. The van der Waals surface area contributed by atoms with E-state index in [-0.39, 0.29) is 23.7 Å². The third kappa shape index (κ3) is 2.01. The molecular formula is C13H12O4. The maximum atomic E-state index is 11.2. The molecule has 0 heterocycles. The zero-order chi connectivity index (χ0) is 12.4. The Kier molecular flexibility index (Phi) is 2.87. The van der Waals surface area contributed by atoms with Crippen LogP contribution in [0.5, 0.6) is 17.2 Å². The number of aromatic hydroxyl groups is 2. The van der Waals surface area contributed by atoms with Crippen LogP contribution >= 0.6 is 0 Å². The van der Waals surface area contributed by atoms with Crippen LogP contribution in [0.1, 0.15) is 13.3 Å². The van der Waals surface area contributed by atoms with Gasteiger partial charge in [-0.25, -0.2) is 0 Å². The van der Waals surface area contributed by atoms with E-state index in [9.17, 15) is 15.0 Å². The van der Waals surface area contributed by atoms with Gasteiger partial charge in [-0.15, -0.1) is 0 Å². The molecule has 0 unspecified atom stereocenters. The summed E-state index contributed by atoms with van der Waals surface area (Å²) in [4.78, 5) is 11.2. The molecule has 2 aromatic rings. The fraction of sp³-hybridized carbons (Fsp3) is 0.154. The summed E-state index contributed by atoms with van der Waals surface area (Å²) in [6.45, 7) is 1.65. The van der Waals surface area contributed by atoms with Crippen LogP contribution in [0.3, 0.4) is 0 Å². The second-order valence-electron chi connectivity index (χ2n) is 3.62. The van der Waals surface area contributed by atoms with Gasteiger partial charge in [0.1, 0.15) is 5.75 Å². The summed E-state index contributed by atoms with van der Waals surface area (Å²) in [5.74, 6) is -0.652. The van der Waals surface area contributed by atoms with Crippen molar-refractivity contribution >= 4 is 16.7 Å². The number of rotatable bonds is 2.